The van der Waals surface area contributed by atoms with Crippen LogP contribution in [0.2, 0.25) is 0 Å². The molecular formula is C14H18F2N2O4S. The van der Waals surface area contributed by atoms with Gasteiger partial charge in [-0.2, -0.15) is 0 Å². The molecule has 0 spiro atoms. The van der Waals surface area contributed by atoms with E-state index in [2.05, 4.69) is 10.6 Å². The fourth-order valence-electron chi connectivity index (χ4n) is 2.45. The summed E-state index contributed by atoms with van der Waals surface area (Å²) in [6.45, 7) is 2.41. The van der Waals surface area contributed by atoms with Crippen molar-refractivity contribution in [1.29, 1.82) is 0 Å². The molecule has 9 heteroatoms. The van der Waals surface area contributed by atoms with Crippen molar-refractivity contribution < 1.29 is 26.7 Å². The predicted molar refractivity (Wildman–Crippen MR) is 80.1 cm³/mol. The first-order valence-corrected chi connectivity index (χ1v) is 8.96. The van der Waals surface area contributed by atoms with Gasteiger partial charge < -0.3 is 15.4 Å². The van der Waals surface area contributed by atoms with Crippen LogP contribution in [0.4, 0.5) is 19.3 Å². The maximum absolute atomic E-state index is 13.8. The van der Waals surface area contributed by atoms with Crippen LogP contribution in [0.5, 0.6) is 0 Å². The first kappa shape index (κ1) is 17.6. The quantitative estimate of drug-likeness (QED) is 0.872. The number of hydrogen-bond acceptors (Lipinski definition) is 4. The Kier molecular flexibility index (Phi) is 5.20. The van der Waals surface area contributed by atoms with E-state index in [4.69, 9.17) is 4.74 Å². The van der Waals surface area contributed by atoms with Gasteiger partial charge in [0.2, 0.25) is 0 Å². The van der Waals surface area contributed by atoms with Gasteiger partial charge in [0.1, 0.15) is 16.5 Å². The van der Waals surface area contributed by atoms with Gasteiger partial charge in [0.05, 0.1) is 12.1 Å². The molecule has 2 atom stereocenters. The third kappa shape index (κ3) is 4.38. The van der Waals surface area contributed by atoms with Gasteiger partial charge in [-0.1, -0.05) is 0 Å². The van der Waals surface area contributed by atoms with Crippen molar-refractivity contribution in [3.63, 3.8) is 0 Å². The standard InChI is InChI=1S/C14H18F2N2O4S/c1-8(12-4-3-5-22-12)17-14(19)18-9-6-10(15)13(11(16)7-9)23(2,20)21/h6-8,12H,3-5H2,1-2H3,(H2,17,18,19)/t8-,12+/m1/s1. The Morgan fingerprint density at radius 2 is 1.96 bits per heavy atom. The molecule has 1 aromatic rings. The number of amides is 2. The predicted octanol–water partition coefficient (Wildman–Crippen LogP) is 2.06. The van der Waals surface area contributed by atoms with Gasteiger partial charge in [-0.25, -0.2) is 22.0 Å². The Morgan fingerprint density at radius 1 is 1.35 bits per heavy atom. The van der Waals surface area contributed by atoms with Crippen LogP contribution in [-0.2, 0) is 14.6 Å². The molecule has 0 unspecified atom stereocenters. The highest BCUT2D eigenvalue weighted by Gasteiger charge is 2.24. The summed E-state index contributed by atoms with van der Waals surface area (Å²) in [5, 5.41) is 4.89. The minimum atomic E-state index is -4.03. The molecule has 1 heterocycles. The fraction of sp³-hybridized carbons (Fsp3) is 0.500. The number of halogens is 2. The molecule has 0 aliphatic carbocycles. The number of carbonyl (C=O) groups excluding carboxylic acids is 1. The number of sulfone groups is 1. The summed E-state index contributed by atoms with van der Waals surface area (Å²) in [6, 6.07) is 0.604. The van der Waals surface area contributed by atoms with Crippen molar-refractivity contribution in [3.8, 4) is 0 Å². The van der Waals surface area contributed by atoms with E-state index in [0.29, 0.717) is 12.9 Å². The molecular weight excluding hydrogens is 330 g/mol. The average molecular weight is 348 g/mol. The third-order valence-electron chi connectivity index (χ3n) is 3.51. The minimum Gasteiger partial charge on any atom is -0.376 e. The van der Waals surface area contributed by atoms with Gasteiger partial charge >= 0.3 is 6.03 Å². The van der Waals surface area contributed by atoms with Crippen LogP contribution in [0, 0.1) is 11.6 Å². The van der Waals surface area contributed by atoms with Crippen molar-refractivity contribution in [3.05, 3.63) is 23.8 Å². The van der Waals surface area contributed by atoms with E-state index in [-0.39, 0.29) is 17.8 Å². The normalized spacial score (nSPS) is 19.4. The van der Waals surface area contributed by atoms with Gasteiger partial charge in [0, 0.05) is 18.6 Å². The molecule has 2 rings (SSSR count). The number of hydrogen-bond donors (Lipinski definition) is 2. The van der Waals surface area contributed by atoms with Gasteiger partial charge in [-0.3, -0.25) is 0 Å². The van der Waals surface area contributed by atoms with Crippen molar-refractivity contribution >= 4 is 21.6 Å². The second-order valence-corrected chi connectivity index (χ2v) is 7.43. The lowest BCUT2D eigenvalue weighted by Crippen LogP contribution is -2.43. The zero-order valence-corrected chi connectivity index (χ0v) is 13.5. The Morgan fingerprint density at radius 3 is 2.43 bits per heavy atom. The number of anilines is 1. The molecule has 1 aliphatic rings. The number of urea groups is 1. The van der Waals surface area contributed by atoms with Gasteiger partial charge in [0.15, 0.2) is 9.84 Å². The van der Waals surface area contributed by atoms with Gasteiger partial charge in [0.25, 0.3) is 0 Å². The summed E-state index contributed by atoms with van der Waals surface area (Å²) in [5.74, 6) is -2.51. The van der Waals surface area contributed by atoms with Crippen LogP contribution < -0.4 is 10.6 Å². The molecule has 1 aliphatic heterocycles. The summed E-state index contributed by atoms with van der Waals surface area (Å²) in [4.78, 5) is 10.8. The molecule has 0 bridgehead atoms. The summed E-state index contributed by atoms with van der Waals surface area (Å²) in [5.41, 5.74) is -0.176. The van der Waals surface area contributed by atoms with Gasteiger partial charge in [-0.05, 0) is 31.9 Å². The molecule has 0 saturated carbocycles. The van der Waals surface area contributed by atoms with Crippen molar-refractivity contribution in [2.24, 2.45) is 0 Å². The van der Waals surface area contributed by atoms with Crippen LogP contribution in [-0.4, -0.2) is 39.5 Å². The number of rotatable bonds is 4. The van der Waals surface area contributed by atoms with Crippen molar-refractivity contribution in [2.45, 2.75) is 36.8 Å². The van der Waals surface area contributed by atoms with Crippen LogP contribution in [0.1, 0.15) is 19.8 Å². The van der Waals surface area contributed by atoms with Crippen LogP contribution in [0.15, 0.2) is 17.0 Å². The topological polar surface area (TPSA) is 84.5 Å². The molecule has 6 nitrogen and oxygen atoms in total. The number of ether oxygens (including phenoxy) is 1. The molecule has 1 aromatic carbocycles. The highest BCUT2D eigenvalue weighted by atomic mass is 32.2. The Hall–Kier alpha value is -1.74. The summed E-state index contributed by atoms with van der Waals surface area (Å²) in [6.07, 6.45) is 2.36. The first-order valence-electron chi connectivity index (χ1n) is 7.06. The molecule has 2 N–H and O–H groups in total. The molecule has 2 amide bonds. The highest BCUT2D eigenvalue weighted by Crippen LogP contribution is 2.23. The van der Waals surface area contributed by atoms with E-state index in [1.54, 1.807) is 6.92 Å². The second kappa shape index (κ2) is 6.79. The molecule has 128 valence electrons. The Bertz CT molecular complexity index is 680. The second-order valence-electron chi connectivity index (χ2n) is 5.48. The lowest BCUT2D eigenvalue weighted by molar-refractivity contribution is 0.0868. The van der Waals surface area contributed by atoms with E-state index in [1.165, 1.54) is 0 Å². The van der Waals surface area contributed by atoms with Crippen LogP contribution in [0.25, 0.3) is 0 Å². The fourth-order valence-corrected chi connectivity index (χ4v) is 3.28. The van der Waals surface area contributed by atoms with E-state index in [0.717, 1.165) is 25.0 Å². The molecule has 23 heavy (non-hydrogen) atoms. The van der Waals surface area contributed by atoms with Crippen molar-refractivity contribution in [2.75, 3.05) is 18.2 Å². The van der Waals surface area contributed by atoms with Crippen LogP contribution in [0.3, 0.4) is 0 Å². The third-order valence-corrected chi connectivity index (χ3v) is 4.64. The summed E-state index contributed by atoms with van der Waals surface area (Å²) >= 11 is 0. The maximum atomic E-state index is 13.8. The maximum Gasteiger partial charge on any atom is 0.319 e. The van der Waals surface area contributed by atoms with E-state index < -0.39 is 32.4 Å². The van der Waals surface area contributed by atoms with Crippen molar-refractivity contribution in [1.82, 2.24) is 5.32 Å². The zero-order valence-electron chi connectivity index (χ0n) is 12.7. The van der Waals surface area contributed by atoms with Crippen LogP contribution >= 0.6 is 0 Å². The Balaban J connectivity index is 2.07. The highest BCUT2D eigenvalue weighted by molar-refractivity contribution is 7.90. The van der Waals surface area contributed by atoms with E-state index >= 15 is 0 Å². The summed E-state index contributed by atoms with van der Waals surface area (Å²) in [7, 11) is -4.03. The largest absolute Gasteiger partial charge is 0.376 e. The lowest BCUT2D eigenvalue weighted by Gasteiger charge is -2.20. The lowest BCUT2D eigenvalue weighted by atomic mass is 10.1. The minimum absolute atomic E-state index is 0.0955. The monoisotopic (exact) mass is 348 g/mol. The van der Waals surface area contributed by atoms with Gasteiger partial charge in [-0.15, -0.1) is 0 Å². The Labute approximate surface area is 133 Å². The smallest absolute Gasteiger partial charge is 0.319 e. The molecule has 0 aromatic heterocycles. The average Bonchev–Trinajstić information content (AvgIpc) is 2.89. The molecule has 0 radical (unpaired) electrons. The number of benzene rings is 1. The first-order chi connectivity index (χ1) is 10.7. The summed E-state index contributed by atoms with van der Waals surface area (Å²) < 4.78 is 55.6. The van der Waals surface area contributed by atoms with E-state index in [9.17, 15) is 22.0 Å². The number of nitrogens with one attached hydrogen (secondary N) is 2. The van der Waals surface area contributed by atoms with E-state index in [1.807, 2.05) is 0 Å². The SMILES string of the molecule is C[C@@H](NC(=O)Nc1cc(F)c(S(C)(=O)=O)c(F)c1)[C@@H]1CCCO1. The zero-order chi connectivity index (χ0) is 17.2. The number of carbonyl (C=O) groups is 1. The molecule has 1 fully saturated rings. The molecule has 1 saturated heterocycles.